The summed E-state index contributed by atoms with van der Waals surface area (Å²) in [5.74, 6) is 0.836. The van der Waals surface area contributed by atoms with Crippen LogP contribution in [0.2, 0.25) is 0 Å². The first-order valence-corrected chi connectivity index (χ1v) is 5.39. The summed E-state index contributed by atoms with van der Waals surface area (Å²) in [7, 11) is 0. The van der Waals surface area contributed by atoms with Gasteiger partial charge in [-0.05, 0) is 27.6 Å². The maximum absolute atomic E-state index is 4.16. The Labute approximate surface area is 102 Å². The van der Waals surface area contributed by atoms with Crippen LogP contribution >= 0.6 is 45.5 Å². The molecule has 0 spiro atoms. The number of halogens is 2. The van der Waals surface area contributed by atoms with E-state index in [1.807, 2.05) is 7.58 Å². The zero-order chi connectivity index (χ0) is 9.26. The van der Waals surface area contributed by atoms with Crippen molar-refractivity contribution in [2.75, 3.05) is 0 Å². The molecule has 5 nitrogen and oxygen atoms in total. The highest BCUT2D eigenvalue weighted by molar-refractivity contribution is 14.1. The molecule has 0 unspecified atom stereocenters. The first-order chi connectivity index (χ1) is 6.29. The third kappa shape index (κ3) is 1.80. The van der Waals surface area contributed by atoms with Crippen LogP contribution in [0.1, 0.15) is 0 Å². The summed E-state index contributed by atoms with van der Waals surface area (Å²) in [5.41, 5.74) is 0. The Bertz CT molecular complexity index is 426. The van der Waals surface area contributed by atoms with E-state index in [4.69, 9.17) is 0 Å². The predicted octanol–water partition coefficient (Wildman–Crippen LogP) is 0.753. The van der Waals surface area contributed by atoms with Gasteiger partial charge in [0.1, 0.15) is 6.33 Å². The molecule has 0 radical (unpaired) electrons. The molecule has 0 aliphatic carbocycles. The predicted molar refractivity (Wildman–Crippen MR) is 61.5 cm³/mol. The van der Waals surface area contributed by atoms with Crippen LogP contribution in [0.15, 0.2) is 25.2 Å². The van der Waals surface area contributed by atoms with E-state index in [-0.39, 0.29) is 0 Å². The third-order valence-electron chi connectivity index (χ3n) is 1.41. The molecule has 13 heavy (non-hydrogen) atoms. The highest BCUT2D eigenvalue weighted by Gasteiger charge is 2.11. The van der Waals surface area contributed by atoms with Crippen LogP contribution in [0.5, 0.6) is 0 Å². The summed E-state index contributed by atoms with van der Waals surface area (Å²) in [6, 6.07) is 0. The minimum Gasteiger partial charge on any atom is -0.244 e. The fourth-order valence-electron chi connectivity index (χ4n) is 0.873. The van der Waals surface area contributed by atoms with Crippen molar-refractivity contribution in [3.8, 4) is 5.82 Å². The van der Waals surface area contributed by atoms with Gasteiger partial charge in [-0.1, -0.05) is 2.90 Å². The van der Waals surface area contributed by atoms with Gasteiger partial charge in [-0.15, -0.1) is 4.68 Å². The second kappa shape index (κ2) is 3.82. The lowest BCUT2D eigenvalue weighted by Gasteiger charge is -1.99. The van der Waals surface area contributed by atoms with Crippen molar-refractivity contribution < 1.29 is 2.90 Å². The van der Waals surface area contributed by atoms with E-state index in [0.717, 1.165) is 9.39 Å². The molecule has 0 atom stereocenters. The van der Waals surface area contributed by atoms with Gasteiger partial charge >= 0.3 is 6.33 Å². The van der Waals surface area contributed by atoms with E-state index in [1.54, 1.807) is 18.9 Å². The smallest absolute Gasteiger partial charge is 0.244 e. The van der Waals surface area contributed by atoms with Crippen molar-refractivity contribution >= 4 is 45.5 Å². The molecule has 2 rings (SSSR count). The molecular formula is C6H4I2N5+. The Morgan fingerprint density at radius 3 is 2.85 bits per heavy atom. The van der Waals surface area contributed by atoms with Gasteiger partial charge in [-0.3, -0.25) is 0 Å². The second-order valence-corrected chi connectivity index (χ2v) is 4.36. The quantitative estimate of drug-likeness (QED) is 0.665. The molecule has 0 aliphatic heterocycles. The van der Waals surface area contributed by atoms with Crippen LogP contribution in [-0.4, -0.2) is 19.6 Å². The molecule has 0 amide bonds. The van der Waals surface area contributed by atoms with Crippen LogP contribution in [0, 0.1) is 3.57 Å². The number of hydrogen-bond acceptors (Lipinski definition) is 3. The Kier molecular flexibility index (Phi) is 2.71. The van der Waals surface area contributed by atoms with Gasteiger partial charge in [0.15, 0.2) is 5.82 Å². The minimum absolute atomic E-state index is 0.836. The number of rotatable bonds is 1. The lowest BCUT2D eigenvalue weighted by atomic mass is 10.6. The van der Waals surface area contributed by atoms with Crippen LogP contribution in [0.25, 0.3) is 5.82 Å². The van der Waals surface area contributed by atoms with Crippen molar-refractivity contribution in [3.63, 3.8) is 0 Å². The van der Waals surface area contributed by atoms with Crippen molar-refractivity contribution in [1.82, 2.24) is 19.6 Å². The molecule has 0 fully saturated rings. The summed E-state index contributed by atoms with van der Waals surface area (Å²) in [6.45, 7) is 0. The molecule has 0 aromatic carbocycles. The number of hydrogen-bond donors (Lipinski definition) is 0. The van der Waals surface area contributed by atoms with E-state index in [2.05, 4.69) is 60.4 Å². The Hall–Kier alpha value is -0.320. The fourth-order valence-corrected chi connectivity index (χ4v) is 1.88. The molecule has 7 heteroatoms. The first-order valence-electron chi connectivity index (χ1n) is 3.35. The van der Waals surface area contributed by atoms with Crippen molar-refractivity contribution in [2.24, 2.45) is 0 Å². The van der Waals surface area contributed by atoms with Crippen LogP contribution in [0.4, 0.5) is 0 Å². The molecule has 0 N–H and O–H groups in total. The van der Waals surface area contributed by atoms with Gasteiger partial charge in [0.05, 0.1) is 3.57 Å². The normalized spacial score (nSPS) is 10.3. The Morgan fingerprint density at radius 1 is 1.38 bits per heavy atom. The molecular weight excluding hydrogens is 396 g/mol. The monoisotopic (exact) mass is 400 g/mol. The number of nitrogens with zero attached hydrogens (tertiary/aromatic N) is 5. The summed E-state index contributed by atoms with van der Waals surface area (Å²) in [5, 5.41) is 0. The molecule has 0 saturated heterocycles. The van der Waals surface area contributed by atoms with Gasteiger partial charge in [-0.25, -0.2) is 9.97 Å². The maximum Gasteiger partial charge on any atom is 0.316 e. The van der Waals surface area contributed by atoms with E-state index >= 15 is 0 Å². The summed E-state index contributed by atoms with van der Waals surface area (Å²) >= 11 is 4.32. The average molecular weight is 400 g/mol. The first kappa shape index (κ1) is 9.24. The van der Waals surface area contributed by atoms with E-state index in [9.17, 15) is 0 Å². The zero-order valence-electron chi connectivity index (χ0n) is 6.30. The van der Waals surface area contributed by atoms with Gasteiger partial charge < -0.3 is 0 Å². The van der Waals surface area contributed by atoms with Gasteiger partial charge in [-0.2, -0.15) is 0 Å². The highest BCUT2D eigenvalue weighted by atomic mass is 127. The maximum atomic E-state index is 4.16. The molecule has 2 aromatic rings. The van der Waals surface area contributed by atoms with Gasteiger partial charge in [0.25, 0.3) is 0 Å². The van der Waals surface area contributed by atoms with Crippen molar-refractivity contribution in [1.29, 1.82) is 0 Å². The Morgan fingerprint density at radius 2 is 2.23 bits per heavy atom. The SMILES string of the molecule is Ic1cncnc1-n1cnc[n+]1I. The highest BCUT2D eigenvalue weighted by Crippen LogP contribution is 2.09. The van der Waals surface area contributed by atoms with Crippen LogP contribution in [0.3, 0.4) is 0 Å². The Balaban J connectivity index is 2.59. The second-order valence-electron chi connectivity index (χ2n) is 2.21. The molecule has 0 saturated carbocycles. The fraction of sp³-hybridized carbons (Fsp3) is 0. The largest absolute Gasteiger partial charge is 0.316 e. The lowest BCUT2D eigenvalue weighted by molar-refractivity contribution is -0.533. The van der Waals surface area contributed by atoms with Crippen molar-refractivity contribution in [2.45, 2.75) is 0 Å². The van der Waals surface area contributed by atoms with E-state index in [1.165, 1.54) is 6.33 Å². The lowest BCUT2D eigenvalue weighted by Crippen LogP contribution is -2.30. The van der Waals surface area contributed by atoms with E-state index in [0.29, 0.717) is 0 Å². The van der Waals surface area contributed by atoms with Crippen LogP contribution in [-0.2, 0) is 0 Å². The minimum atomic E-state index is 0.836. The zero-order valence-corrected chi connectivity index (χ0v) is 10.6. The average Bonchev–Trinajstić information content (AvgIpc) is 2.52. The standard InChI is InChI=1S/C6H4I2N5/c7-5-1-9-2-11-6(5)12-3-10-4-13(12)8/h1-4H/q+1. The summed E-state index contributed by atoms with van der Waals surface area (Å²) in [6.07, 6.45) is 6.70. The topological polar surface area (TPSA) is 47.5 Å². The molecule has 0 aliphatic rings. The van der Waals surface area contributed by atoms with Gasteiger partial charge in [0.2, 0.25) is 29.2 Å². The molecule has 2 heterocycles. The molecule has 2 aromatic heterocycles. The van der Waals surface area contributed by atoms with E-state index < -0.39 is 0 Å². The molecule has 0 bridgehead atoms. The summed E-state index contributed by atoms with van der Waals surface area (Å²) < 4.78 is 4.65. The number of aromatic nitrogens is 5. The molecule has 66 valence electrons. The third-order valence-corrected chi connectivity index (χ3v) is 2.88. The summed E-state index contributed by atoms with van der Waals surface area (Å²) in [4.78, 5) is 12.1. The van der Waals surface area contributed by atoms with Crippen LogP contribution < -0.4 is 2.90 Å². The van der Waals surface area contributed by atoms with Crippen molar-refractivity contribution in [3.05, 3.63) is 28.7 Å². The van der Waals surface area contributed by atoms with Gasteiger partial charge in [0, 0.05) is 6.20 Å².